The summed E-state index contributed by atoms with van der Waals surface area (Å²) in [4.78, 5) is 27.4. The molecule has 1 aromatic carbocycles. The molecule has 8 heteroatoms. The van der Waals surface area contributed by atoms with Crippen molar-refractivity contribution in [2.24, 2.45) is 0 Å². The van der Waals surface area contributed by atoms with E-state index >= 15 is 0 Å². The largest absolute Gasteiger partial charge is 0.497 e. The van der Waals surface area contributed by atoms with Crippen molar-refractivity contribution in [3.05, 3.63) is 30.0 Å². The minimum Gasteiger partial charge on any atom is -0.497 e. The number of nitrogens with one attached hydrogen (secondary N) is 3. The van der Waals surface area contributed by atoms with Crippen molar-refractivity contribution in [2.75, 3.05) is 19.4 Å². The third-order valence-corrected chi connectivity index (χ3v) is 4.22. The molecule has 3 N–H and O–H groups in total. The molecule has 0 saturated carbocycles. The number of amides is 2. The summed E-state index contributed by atoms with van der Waals surface area (Å²) < 4.78 is 10.4. The van der Waals surface area contributed by atoms with Gasteiger partial charge >= 0.3 is 6.09 Å². The first-order chi connectivity index (χ1) is 12.7. The molecule has 1 aromatic heterocycles. The summed E-state index contributed by atoms with van der Waals surface area (Å²) in [5.41, 5.74) is 1.46. The van der Waals surface area contributed by atoms with Crippen LogP contribution in [0.2, 0.25) is 0 Å². The van der Waals surface area contributed by atoms with Crippen molar-refractivity contribution >= 4 is 35.5 Å². The second kappa shape index (κ2) is 9.03. The summed E-state index contributed by atoms with van der Waals surface area (Å²) in [5, 5.41) is 6.43. The van der Waals surface area contributed by atoms with E-state index in [-0.39, 0.29) is 11.7 Å². The molecule has 0 spiro atoms. The molecule has 148 valence electrons. The van der Waals surface area contributed by atoms with Gasteiger partial charge in [0.1, 0.15) is 17.4 Å². The molecule has 1 atom stereocenters. The predicted molar refractivity (Wildman–Crippen MR) is 109 cm³/mol. The Labute approximate surface area is 164 Å². The van der Waals surface area contributed by atoms with Crippen LogP contribution in [0.15, 0.2) is 24.4 Å². The van der Waals surface area contributed by atoms with Gasteiger partial charge < -0.3 is 25.1 Å². The Morgan fingerprint density at radius 2 is 2.04 bits per heavy atom. The highest BCUT2D eigenvalue weighted by Crippen LogP contribution is 2.23. The molecule has 0 aliphatic carbocycles. The Kier molecular flexibility index (Phi) is 7.01. The van der Waals surface area contributed by atoms with E-state index in [1.165, 1.54) is 0 Å². The lowest BCUT2D eigenvalue weighted by Crippen LogP contribution is -2.49. The second-order valence-corrected chi connectivity index (χ2v) is 7.51. The van der Waals surface area contributed by atoms with Crippen LogP contribution in [0.4, 0.5) is 4.79 Å². The van der Waals surface area contributed by atoms with Crippen LogP contribution in [0.5, 0.6) is 5.75 Å². The topological polar surface area (TPSA) is 92.5 Å². The molecule has 0 aliphatic heterocycles. The van der Waals surface area contributed by atoms with E-state index in [1.807, 2.05) is 24.4 Å². The summed E-state index contributed by atoms with van der Waals surface area (Å²) >= 11 is 4.14. The van der Waals surface area contributed by atoms with E-state index in [0.29, 0.717) is 13.0 Å². The van der Waals surface area contributed by atoms with Gasteiger partial charge in [-0.05, 0) is 51.0 Å². The van der Waals surface area contributed by atoms with Gasteiger partial charge in [0.25, 0.3) is 0 Å². The minimum absolute atomic E-state index is 0.176. The molecule has 2 aromatic rings. The van der Waals surface area contributed by atoms with Crippen molar-refractivity contribution in [2.45, 2.75) is 38.8 Å². The Bertz CT molecular complexity index is 798. The molecule has 1 heterocycles. The number of rotatable bonds is 7. The SMILES string of the molecule is COc1ccc2[nH]cc(CCNC(=O)[C@@H](CS)NC(=O)OC(C)(C)C)c2c1. The molecule has 7 nitrogen and oxygen atoms in total. The van der Waals surface area contributed by atoms with Gasteiger partial charge in [0, 0.05) is 29.4 Å². The van der Waals surface area contributed by atoms with Gasteiger partial charge in [-0.25, -0.2) is 4.79 Å². The molecular formula is C19H27N3O4S. The zero-order valence-corrected chi connectivity index (χ0v) is 17.0. The van der Waals surface area contributed by atoms with Crippen LogP contribution in [0.1, 0.15) is 26.3 Å². The van der Waals surface area contributed by atoms with Crippen LogP contribution in [-0.4, -0.2) is 48.0 Å². The van der Waals surface area contributed by atoms with E-state index in [9.17, 15) is 9.59 Å². The van der Waals surface area contributed by atoms with E-state index in [0.717, 1.165) is 22.2 Å². The molecule has 0 unspecified atom stereocenters. The number of benzene rings is 1. The number of carbonyl (C=O) groups excluding carboxylic acids is 2. The normalized spacial score (nSPS) is 12.5. The summed E-state index contributed by atoms with van der Waals surface area (Å²) in [7, 11) is 1.63. The van der Waals surface area contributed by atoms with Gasteiger partial charge in [-0.15, -0.1) is 0 Å². The molecule has 0 bridgehead atoms. The van der Waals surface area contributed by atoms with Crippen molar-refractivity contribution < 1.29 is 19.1 Å². The van der Waals surface area contributed by atoms with Crippen molar-refractivity contribution in [1.29, 1.82) is 0 Å². The van der Waals surface area contributed by atoms with Gasteiger partial charge in [0.2, 0.25) is 5.91 Å². The van der Waals surface area contributed by atoms with Crippen molar-refractivity contribution in [3.8, 4) is 5.75 Å². The maximum absolute atomic E-state index is 12.3. The van der Waals surface area contributed by atoms with Gasteiger partial charge in [0.05, 0.1) is 7.11 Å². The molecular weight excluding hydrogens is 366 g/mol. The molecule has 0 saturated heterocycles. The zero-order valence-electron chi connectivity index (χ0n) is 16.1. The third kappa shape index (κ3) is 6.09. The zero-order chi connectivity index (χ0) is 20.0. The van der Waals surface area contributed by atoms with Gasteiger partial charge in [0.15, 0.2) is 0 Å². The third-order valence-electron chi connectivity index (χ3n) is 3.86. The average Bonchev–Trinajstić information content (AvgIpc) is 3.00. The number of aromatic nitrogens is 1. The molecule has 0 fully saturated rings. The molecule has 2 amide bonds. The number of hydrogen-bond donors (Lipinski definition) is 4. The fraction of sp³-hybridized carbons (Fsp3) is 0.474. The number of methoxy groups -OCH3 is 1. The summed E-state index contributed by atoms with van der Waals surface area (Å²) in [5.74, 6) is 0.660. The lowest BCUT2D eigenvalue weighted by Gasteiger charge is -2.22. The number of aromatic amines is 1. The molecule has 0 aliphatic rings. The predicted octanol–water partition coefficient (Wildman–Crippen LogP) is 2.66. The number of fused-ring (bicyclic) bond motifs is 1. The van der Waals surface area contributed by atoms with E-state index in [4.69, 9.17) is 9.47 Å². The van der Waals surface area contributed by atoms with E-state index < -0.39 is 17.7 Å². The second-order valence-electron chi connectivity index (χ2n) is 7.15. The highest BCUT2D eigenvalue weighted by molar-refractivity contribution is 7.80. The number of ether oxygens (including phenoxy) is 2. The van der Waals surface area contributed by atoms with Crippen LogP contribution < -0.4 is 15.4 Å². The smallest absolute Gasteiger partial charge is 0.408 e. The Balaban J connectivity index is 1.90. The van der Waals surface area contributed by atoms with Crippen molar-refractivity contribution in [1.82, 2.24) is 15.6 Å². The Morgan fingerprint density at radius 1 is 1.30 bits per heavy atom. The Morgan fingerprint density at radius 3 is 2.67 bits per heavy atom. The highest BCUT2D eigenvalue weighted by Gasteiger charge is 2.23. The van der Waals surface area contributed by atoms with Crippen LogP contribution in [0.25, 0.3) is 10.9 Å². The maximum Gasteiger partial charge on any atom is 0.408 e. The fourth-order valence-electron chi connectivity index (χ4n) is 2.58. The lowest BCUT2D eigenvalue weighted by molar-refractivity contribution is -0.122. The first-order valence-corrected chi connectivity index (χ1v) is 9.39. The number of thiol groups is 1. The van der Waals surface area contributed by atoms with Gasteiger partial charge in [-0.1, -0.05) is 0 Å². The lowest BCUT2D eigenvalue weighted by atomic mass is 10.1. The summed E-state index contributed by atoms with van der Waals surface area (Å²) in [6, 6.07) is 5.05. The summed E-state index contributed by atoms with van der Waals surface area (Å²) in [6.45, 7) is 5.72. The highest BCUT2D eigenvalue weighted by atomic mass is 32.1. The average molecular weight is 394 g/mol. The molecule has 0 radical (unpaired) electrons. The number of H-pyrrole nitrogens is 1. The Hall–Kier alpha value is -2.35. The van der Waals surface area contributed by atoms with Gasteiger partial charge in [-0.2, -0.15) is 12.6 Å². The number of alkyl carbamates (subject to hydrolysis) is 1. The molecule has 2 rings (SSSR count). The maximum atomic E-state index is 12.3. The summed E-state index contributed by atoms with van der Waals surface area (Å²) in [6.07, 6.45) is 1.93. The van der Waals surface area contributed by atoms with Gasteiger partial charge in [-0.3, -0.25) is 4.79 Å². The van der Waals surface area contributed by atoms with Crippen LogP contribution >= 0.6 is 12.6 Å². The van der Waals surface area contributed by atoms with E-state index in [2.05, 4.69) is 28.2 Å². The standard InChI is InChI=1S/C19H27N3O4S/c1-19(2,3)26-18(24)22-16(11-27)17(23)20-8-7-12-10-21-15-6-5-13(25-4)9-14(12)15/h5-6,9-10,16,21,27H,7-8,11H2,1-4H3,(H,20,23)(H,22,24)/t16-/m1/s1. The fourth-order valence-corrected chi connectivity index (χ4v) is 2.84. The molecule has 27 heavy (non-hydrogen) atoms. The first kappa shape index (κ1) is 21.0. The monoisotopic (exact) mass is 393 g/mol. The van der Waals surface area contributed by atoms with E-state index in [1.54, 1.807) is 27.9 Å². The number of carbonyl (C=O) groups is 2. The minimum atomic E-state index is -0.758. The van der Waals surface area contributed by atoms with Crippen LogP contribution in [0.3, 0.4) is 0 Å². The number of hydrogen-bond acceptors (Lipinski definition) is 5. The van der Waals surface area contributed by atoms with Crippen LogP contribution in [-0.2, 0) is 16.0 Å². The first-order valence-electron chi connectivity index (χ1n) is 8.75. The quantitative estimate of drug-likeness (QED) is 0.544. The van der Waals surface area contributed by atoms with Crippen LogP contribution in [0, 0.1) is 0 Å². The van der Waals surface area contributed by atoms with Crippen molar-refractivity contribution in [3.63, 3.8) is 0 Å².